The normalized spacial score (nSPS) is 14.6. The lowest BCUT2D eigenvalue weighted by Gasteiger charge is -2.13. The molecule has 0 saturated carbocycles. The topological polar surface area (TPSA) is 105 Å². The summed E-state index contributed by atoms with van der Waals surface area (Å²) in [6.07, 6.45) is 1.01. The van der Waals surface area contributed by atoms with Gasteiger partial charge in [0.25, 0.3) is 17.1 Å². The molecule has 0 unspecified atom stereocenters. The Labute approximate surface area is 193 Å². The van der Waals surface area contributed by atoms with Crippen LogP contribution in [0, 0.1) is 0 Å². The van der Waals surface area contributed by atoms with Crippen molar-refractivity contribution in [2.45, 2.75) is 6.92 Å². The van der Waals surface area contributed by atoms with Crippen molar-refractivity contribution in [1.29, 1.82) is 0 Å². The highest BCUT2D eigenvalue weighted by atomic mass is 35.5. The van der Waals surface area contributed by atoms with Crippen LogP contribution in [0.4, 0.5) is 15.3 Å². The third-order valence-electron chi connectivity index (χ3n) is 4.31. The van der Waals surface area contributed by atoms with E-state index in [2.05, 4.69) is 10.6 Å². The predicted octanol–water partition coefficient (Wildman–Crippen LogP) is 4.37. The molecule has 1 aliphatic heterocycles. The lowest BCUT2D eigenvalue weighted by Crippen LogP contribution is -2.37. The van der Waals surface area contributed by atoms with E-state index in [1.54, 1.807) is 55.5 Å². The maximum atomic E-state index is 12.6. The number of anilines is 1. The van der Waals surface area contributed by atoms with Gasteiger partial charge < -0.3 is 10.1 Å². The highest BCUT2D eigenvalue weighted by Crippen LogP contribution is 2.32. The van der Waals surface area contributed by atoms with E-state index in [4.69, 9.17) is 16.3 Å². The van der Waals surface area contributed by atoms with E-state index in [0.29, 0.717) is 21.2 Å². The smallest absolute Gasteiger partial charge is 0.411 e. The quantitative estimate of drug-likeness (QED) is 0.578. The van der Waals surface area contributed by atoms with Gasteiger partial charge in [0, 0.05) is 29.4 Å². The molecule has 8 nitrogen and oxygen atoms in total. The van der Waals surface area contributed by atoms with Crippen LogP contribution >= 0.6 is 23.4 Å². The van der Waals surface area contributed by atoms with Crippen LogP contribution in [0.25, 0.3) is 6.08 Å². The Morgan fingerprint density at radius 2 is 1.91 bits per heavy atom. The summed E-state index contributed by atoms with van der Waals surface area (Å²) < 4.78 is 4.81. The van der Waals surface area contributed by atoms with Crippen LogP contribution in [0.15, 0.2) is 53.4 Å². The van der Waals surface area contributed by atoms with Crippen molar-refractivity contribution in [3.8, 4) is 0 Å². The highest BCUT2D eigenvalue weighted by molar-refractivity contribution is 8.18. The minimum atomic E-state index is -0.615. The largest absolute Gasteiger partial charge is 0.450 e. The molecule has 1 aliphatic rings. The van der Waals surface area contributed by atoms with E-state index in [9.17, 15) is 19.2 Å². The lowest BCUT2D eigenvalue weighted by atomic mass is 10.2. The van der Waals surface area contributed by atoms with Crippen molar-refractivity contribution in [2.24, 2.45) is 0 Å². The van der Waals surface area contributed by atoms with Gasteiger partial charge in [-0.05, 0) is 60.7 Å². The van der Waals surface area contributed by atoms with Gasteiger partial charge in [0.2, 0.25) is 0 Å². The summed E-state index contributed by atoms with van der Waals surface area (Å²) in [4.78, 5) is 50.1. The molecular weight excluding hydrogens is 454 g/mol. The van der Waals surface area contributed by atoms with Crippen molar-refractivity contribution in [2.75, 3.05) is 25.0 Å². The third kappa shape index (κ3) is 6.12. The standard InChI is InChI=1S/C22H20ClN3O5S/c1-2-31-21(29)25-17-5-3-4-15(13-17)19(27)24-10-11-26-20(28)18(32-22(26)30)12-14-6-8-16(23)9-7-14/h3-9,12-13H,2,10-11H2,1H3,(H,24,27)(H,25,29)/b18-12+. The molecule has 10 heteroatoms. The van der Waals surface area contributed by atoms with Gasteiger partial charge in [-0.2, -0.15) is 0 Å². The van der Waals surface area contributed by atoms with Crippen molar-refractivity contribution in [1.82, 2.24) is 10.2 Å². The number of nitrogens with one attached hydrogen (secondary N) is 2. The summed E-state index contributed by atoms with van der Waals surface area (Å²) in [6.45, 7) is 2.04. The van der Waals surface area contributed by atoms with Crippen LogP contribution in [0.2, 0.25) is 5.02 Å². The zero-order chi connectivity index (χ0) is 23.1. The summed E-state index contributed by atoms with van der Waals surface area (Å²) in [5, 5.41) is 5.37. The molecule has 2 aromatic rings. The zero-order valence-corrected chi connectivity index (χ0v) is 18.7. The maximum absolute atomic E-state index is 12.6. The molecule has 166 valence electrons. The first-order valence-electron chi connectivity index (χ1n) is 9.70. The Morgan fingerprint density at radius 3 is 2.62 bits per heavy atom. The summed E-state index contributed by atoms with van der Waals surface area (Å²) in [5.74, 6) is -0.814. The summed E-state index contributed by atoms with van der Waals surface area (Å²) in [5.41, 5.74) is 1.48. The number of thioether (sulfide) groups is 1. The van der Waals surface area contributed by atoms with Crippen LogP contribution in [0.3, 0.4) is 0 Å². The number of hydrogen-bond acceptors (Lipinski definition) is 6. The van der Waals surface area contributed by atoms with Gasteiger partial charge in [-0.25, -0.2) is 4.79 Å². The number of rotatable bonds is 7. The van der Waals surface area contributed by atoms with Crippen LogP contribution in [0.5, 0.6) is 0 Å². The number of halogens is 1. The van der Waals surface area contributed by atoms with E-state index in [1.807, 2.05) is 0 Å². The minimum Gasteiger partial charge on any atom is -0.450 e. The number of benzene rings is 2. The second-order valence-electron chi connectivity index (χ2n) is 6.57. The van der Waals surface area contributed by atoms with Gasteiger partial charge in [-0.3, -0.25) is 24.6 Å². The molecule has 0 radical (unpaired) electrons. The number of ether oxygens (including phenoxy) is 1. The average Bonchev–Trinajstić information content (AvgIpc) is 3.03. The summed E-state index contributed by atoms with van der Waals surface area (Å²) in [6, 6.07) is 13.2. The molecule has 2 aromatic carbocycles. The highest BCUT2D eigenvalue weighted by Gasteiger charge is 2.34. The molecule has 4 amide bonds. The van der Waals surface area contributed by atoms with Gasteiger partial charge in [0.1, 0.15) is 0 Å². The van der Waals surface area contributed by atoms with Crippen LogP contribution in [-0.4, -0.2) is 47.7 Å². The fraction of sp³-hybridized carbons (Fsp3) is 0.182. The van der Waals surface area contributed by atoms with Gasteiger partial charge in [0.05, 0.1) is 11.5 Å². The average molecular weight is 474 g/mol. The fourth-order valence-corrected chi connectivity index (χ4v) is 3.80. The van der Waals surface area contributed by atoms with Gasteiger partial charge >= 0.3 is 6.09 Å². The van der Waals surface area contributed by atoms with Crippen molar-refractivity contribution in [3.63, 3.8) is 0 Å². The molecule has 1 saturated heterocycles. The Bertz CT molecular complexity index is 1070. The van der Waals surface area contributed by atoms with Crippen molar-refractivity contribution < 1.29 is 23.9 Å². The molecule has 0 spiro atoms. The first kappa shape index (κ1) is 23.4. The second kappa shape index (κ2) is 10.8. The van der Waals surface area contributed by atoms with Gasteiger partial charge in [0.15, 0.2) is 0 Å². The predicted molar refractivity (Wildman–Crippen MR) is 124 cm³/mol. The fourth-order valence-electron chi connectivity index (χ4n) is 2.81. The van der Waals surface area contributed by atoms with Gasteiger partial charge in [-0.1, -0.05) is 29.8 Å². The minimum absolute atomic E-state index is 0.0368. The first-order chi connectivity index (χ1) is 15.4. The number of imide groups is 1. The number of hydrogen-bond donors (Lipinski definition) is 2. The maximum Gasteiger partial charge on any atom is 0.411 e. The molecule has 0 bridgehead atoms. The van der Waals surface area contributed by atoms with Crippen LogP contribution < -0.4 is 10.6 Å². The Balaban J connectivity index is 1.55. The van der Waals surface area contributed by atoms with Crippen LogP contribution in [0.1, 0.15) is 22.8 Å². The number of amides is 4. The number of nitrogens with zero attached hydrogens (tertiary/aromatic N) is 1. The Hall–Kier alpha value is -3.30. The number of carbonyl (C=O) groups is 4. The van der Waals surface area contributed by atoms with Gasteiger partial charge in [-0.15, -0.1) is 0 Å². The first-order valence-corrected chi connectivity index (χ1v) is 10.9. The van der Waals surface area contributed by atoms with E-state index < -0.39 is 23.1 Å². The Morgan fingerprint density at radius 1 is 1.16 bits per heavy atom. The van der Waals surface area contributed by atoms with E-state index in [-0.39, 0.29) is 19.7 Å². The Kier molecular flexibility index (Phi) is 7.91. The monoisotopic (exact) mass is 473 g/mol. The summed E-state index contributed by atoms with van der Waals surface area (Å²) in [7, 11) is 0. The molecule has 1 fully saturated rings. The van der Waals surface area contributed by atoms with Crippen molar-refractivity contribution >= 4 is 58.3 Å². The SMILES string of the molecule is CCOC(=O)Nc1cccc(C(=O)NCCN2C(=O)S/C(=C/c3ccc(Cl)cc3)C2=O)c1. The second-order valence-corrected chi connectivity index (χ2v) is 8.00. The third-order valence-corrected chi connectivity index (χ3v) is 5.47. The molecule has 0 aliphatic carbocycles. The lowest BCUT2D eigenvalue weighted by molar-refractivity contribution is -0.122. The van der Waals surface area contributed by atoms with E-state index in [0.717, 1.165) is 22.2 Å². The molecule has 0 atom stereocenters. The van der Waals surface area contributed by atoms with E-state index in [1.165, 1.54) is 6.07 Å². The molecule has 2 N–H and O–H groups in total. The van der Waals surface area contributed by atoms with Crippen molar-refractivity contribution in [3.05, 3.63) is 69.6 Å². The summed E-state index contributed by atoms with van der Waals surface area (Å²) >= 11 is 6.71. The zero-order valence-electron chi connectivity index (χ0n) is 17.1. The molecule has 32 heavy (non-hydrogen) atoms. The van der Waals surface area contributed by atoms with E-state index >= 15 is 0 Å². The van der Waals surface area contributed by atoms with Crippen LogP contribution in [-0.2, 0) is 9.53 Å². The molecule has 0 aromatic heterocycles. The molecular formula is C22H20ClN3O5S. The number of carbonyl (C=O) groups excluding carboxylic acids is 4. The molecule has 3 rings (SSSR count). The molecule has 1 heterocycles.